The van der Waals surface area contributed by atoms with Crippen molar-refractivity contribution in [1.29, 1.82) is 0 Å². The molecule has 0 aliphatic rings. The minimum absolute atomic E-state index is 0.108. The molecule has 0 saturated carbocycles. The van der Waals surface area contributed by atoms with E-state index in [1.807, 2.05) is 0 Å². The van der Waals surface area contributed by atoms with Crippen LogP contribution in [0.4, 0.5) is 0 Å². The van der Waals surface area contributed by atoms with E-state index >= 15 is 0 Å². The minimum atomic E-state index is -3.66. The summed E-state index contributed by atoms with van der Waals surface area (Å²) in [5, 5.41) is 9.02. The van der Waals surface area contributed by atoms with Gasteiger partial charge in [0.2, 0.25) is 10.0 Å². The SMILES string of the molecule is Cc1cccc(S(=O)(=O)NCC(C(=O)O)C(C)C)c1. The quantitative estimate of drug-likeness (QED) is 0.832. The Morgan fingerprint density at radius 2 is 2.00 bits per heavy atom. The number of aliphatic carboxylic acids is 1. The van der Waals surface area contributed by atoms with Gasteiger partial charge in [-0.2, -0.15) is 0 Å². The molecule has 1 rings (SSSR count). The van der Waals surface area contributed by atoms with Crippen LogP contribution in [0.1, 0.15) is 19.4 Å². The summed E-state index contributed by atoms with van der Waals surface area (Å²) in [6, 6.07) is 6.49. The molecule has 106 valence electrons. The molecule has 6 heteroatoms. The first-order valence-electron chi connectivity index (χ1n) is 6.03. The molecule has 0 heterocycles. The van der Waals surface area contributed by atoms with Gasteiger partial charge in [0.1, 0.15) is 0 Å². The molecule has 19 heavy (non-hydrogen) atoms. The van der Waals surface area contributed by atoms with Crippen molar-refractivity contribution in [2.45, 2.75) is 25.7 Å². The first kappa shape index (κ1) is 15.7. The summed E-state index contributed by atoms with van der Waals surface area (Å²) in [6.07, 6.45) is 0. The third-order valence-electron chi connectivity index (χ3n) is 2.92. The van der Waals surface area contributed by atoms with Gasteiger partial charge < -0.3 is 5.11 Å². The van der Waals surface area contributed by atoms with Gasteiger partial charge in [0.15, 0.2) is 0 Å². The zero-order chi connectivity index (χ0) is 14.6. The van der Waals surface area contributed by atoms with Crippen LogP contribution >= 0.6 is 0 Å². The lowest BCUT2D eigenvalue weighted by molar-refractivity contribution is -0.142. The second-order valence-electron chi connectivity index (χ2n) is 4.86. The van der Waals surface area contributed by atoms with Crippen LogP contribution in [0.25, 0.3) is 0 Å². The van der Waals surface area contributed by atoms with Crippen LogP contribution in [0.3, 0.4) is 0 Å². The van der Waals surface area contributed by atoms with Crippen LogP contribution in [0.15, 0.2) is 29.2 Å². The van der Waals surface area contributed by atoms with Gasteiger partial charge >= 0.3 is 5.97 Å². The largest absolute Gasteiger partial charge is 0.481 e. The van der Waals surface area contributed by atoms with E-state index in [0.717, 1.165) is 5.56 Å². The first-order valence-corrected chi connectivity index (χ1v) is 7.51. The van der Waals surface area contributed by atoms with Gasteiger partial charge in [0.25, 0.3) is 0 Å². The van der Waals surface area contributed by atoms with Gasteiger partial charge in [-0.3, -0.25) is 4.79 Å². The third kappa shape index (κ3) is 4.33. The highest BCUT2D eigenvalue weighted by Crippen LogP contribution is 2.14. The monoisotopic (exact) mass is 285 g/mol. The lowest BCUT2D eigenvalue weighted by atomic mass is 9.97. The number of benzene rings is 1. The first-order chi connectivity index (χ1) is 8.74. The summed E-state index contributed by atoms with van der Waals surface area (Å²) >= 11 is 0. The van der Waals surface area contributed by atoms with Crippen LogP contribution in [-0.4, -0.2) is 26.0 Å². The van der Waals surface area contributed by atoms with E-state index in [0.29, 0.717) is 0 Å². The van der Waals surface area contributed by atoms with Gasteiger partial charge in [-0.1, -0.05) is 26.0 Å². The van der Waals surface area contributed by atoms with Crippen molar-refractivity contribution in [1.82, 2.24) is 4.72 Å². The molecule has 1 unspecified atom stereocenters. The molecule has 0 bridgehead atoms. The molecule has 0 aliphatic carbocycles. The van der Waals surface area contributed by atoms with Crippen molar-refractivity contribution in [3.05, 3.63) is 29.8 Å². The Hall–Kier alpha value is -1.40. The topological polar surface area (TPSA) is 83.5 Å². The van der Waals surface area contributed by atoms with Crippen LogP contribution in [0.5, 0.6) is 0 Å². The van der Waals surface area contributed by atoms with E-state index in [9.17, 15) is 13.2 Å². The van der Waals surface area contributed by atoms with E-state index < -0.39 is 21.9 Å². The summed E-state index contributed by atoms with van der Waals surface area (Å²) in [5.41, 5.74) is 0.835. The number of carboxylic acid groups (broad SMARTS) is 1. The number of aryl methyl sites for hydroxylation is 1. The number of carboxylic acids is 1. The summed E-state index contributed by atoms with van der Waals surface area (Å²) in [6.45, 7) is 5.19. The lowest BCUT2D eigenvalue weighted by Crippen LogP contribution is -2.35. The fourth-order valence-electron chi connectivity index (χ4n) is 1.67. The molecule has 1 aromatic carbocycles. The minimum Gasteiger partial charge on any atom is -0.481 e. The molecule has 2 N–H and O–H groups in total. The van der Waals surface area contributed by atoms with Crippen LogP contribution < -0.4 is 4.72 Å². The molecule has 0 saturated heterocycles. The van der Waals surface area contributed by atoms with E-state index in [-0.39, 0.29) is 17.4 Å². The fraction of sp³-hybridized carbons (Fsp3) is 0.462. The number of sulfonamides is 1. The zero-order valence-corrected chi connectivity index (χ0v) is 12.1. The van der Waals surface area contributed by atoms with E-state index in [4.69, 9.17) is 5.11 Å². The number of rotatable bonds is 6. The van der Waals surface area contributed by atoms with Crippen molar-refractivity contribution in [3.8, 4) is 0 Å². The molecule has 1 aromatic rings. The normalized spacial score (nSPS) is 13.5. The standard InChI is InChI=1S/C13H19NO4S/c1-9(2)12(13(15)16)8-14-19(17,18)11-6-4-5-10(3)7-11/h4-7,9,12,14H,8H2,1-3H3,(H,15,16). The smallest absolute Gasteiger partial charge is 0.308 e. The second kappa shape index (κ2) is 6.16. The number of hydrogen-bond acceptors (Lipinski definition) is 3. The van der Waals surface area contributed by atoms with Gasteiger partial charge in [-0.25, -0.2) is 13.1 Å². The maximum atomic E-state index is 12.0. The van der Waals surface area contributed by atoms with Gasteiger partial charge in [-0.15, -0.1) is 0 Å². The lowest BCUT2D eigenvalue weighted by Gasteiger charge is -2.16. The van der Waals surface area contributed by atoms with Gasteiger partial charge in [-0.05, 0) is 30.5 Å². The number of nitrogens with one attached hydrogen (secondary N) is 1. The predicted octanol–water partition coefficient (Wildman–Crippen LogP) is 1.63. The van der Waals surface area contributed by atoms with E-state index in [2.05, 4.69) is 4.72 Å². The number of hydrogen-bond donors (Lipinski definition) is 2. The summed E-state index contributed by atoms with van der Waals surface area (Å²) in [7, 11) is -3.66. The van der Waals surface area contributed by atoms with Crippen molar-refractivity contribution in [3.63, 3.8) is 0 Å². The Bertz CT molecular complexity index is 552. The Balaban J connectivity index is 2.84. The maximum absolute atomic E-state index is 12.0. The molecule has 0 fully saturated rings. The predicted molar refractivity (Wildman–Crippen MR) is 72.3 cm³/mol. The van der Waals surface area contributed by atoms with Gasteiger partial charge in [0, 0.05) is 6.54 Å². The fourth-order valence-corrected chi connectivity index (χ4v) is 2.84. The molecular formula is C13H19NO4S. The number of carbonyl (C=O) groups is 1. The Morgan fingerprint density at radius 1 is 1.37 bits per heavy atom. The maximum Gasteiger partial charge on any atom is 0.308 e. The van der Waals surface area contributed by atoms with E-state index in [1.165, 1.54) is 6.07 Å². The molecule has 0 radical (unpaired) electrons. The Morgan fingerprint density at radius 3 is 2.47 bits per heavy atom. The highest BCUT2D eigenvalue weighted by atomic mass is 32.2. The highest BCUT2D eigenvalue weighted by Gasteiger charge is 2.24. The molecule has 1 atom stereocenters. The zero-order valence-electron chi connectivity index (χ0n) is 11.3. The average molecular weight is 285 g/mol. The molecule has 0 spiro atoms. The Labute approximate surface area is 113 Å². The van der Waals surface area contributed by atoms with Crippen molar-refractivity contribution in [2.24, 2.45) is 11.8 Å². The molecule has 0 aromatic heterocycles. The van der Waals surface area contributed by atoms with Crippen LogP contribution in [-0.2, 0) is 14.8 Å². The summed E-state index contributed by atoms with van der Waals surface area (Å²) in [5.74, 6) is -1.88. The molecular weight excluding hydrogens is 266 g/mol. The van der Waals surface area contributed by atoms with Gasteiger partial charge in [0.05, 0.1) is 10.8 Å². The Kier molecular flexibility index (Phi) is 5.08. The second-order valence-corrected chi connectivity index (χ2v) is 6.62. The van der Waals surface area contributed by atoms with Crippen molar-refractivity contribution in [2.75, 3.05) is 6.54 Å². The third-order valence-corrected chi connectivity index (χ3v) is 4.34. The van der Waals surface area contributed by atoms with Crippen molar-refractivity contribution >= 4 is 16.0 Å². The summed E-state index contributed by atoms with van der Waals surface area (Å²) < 4.78 is 26.4. The summed E-state index contributed by atoms with van der Waals surface area (Å²) in [4.78, 5) is 11.2. The molecule has 0 aliphatic heterocycles. The molecule has 5 nitrogen and oxygen atoms in total. The van der Waals surface area contributed by atoms with E-state index in [1.54, 1.807) is 39.0 Å². The highest BCUT2D eigenvalue weighted by molar-refractivity contribution is 7.89. The molecule has 0 amide bonds. The van der Waals surface area contributed by atoms with Crippen LogP contribution in [0.2, 0.25) is 0 Å². The average Bonchev–Trinajstić information content (AvgIpc) is 2.28. The van der Waals surface area contributed by atoms with Crippen LogP contribution in [0, 0.1) is 18.8 Å². The van der Waals surface area contributed by atoms with Crippen molar-refractivity contribution < 1.29 is 18.3 Å².